The first-order valence-electron chi connectivity index (χ1n) is 7.07. The van der Waals surface area contributed by atoms with E-state index in [0.717, 1.165) is 22.4 Å². The summed E-state index contributed by atoms with van der Waals surface area (Å²) in [6, 6.07) is 12.5. The Morgan fingerprint density at radius 3 is 2.09 bits per heavy atom. The first-order valence-corrected chi connectivity index (χ1v) is 8.56. The van der Waals surface area contributed by atoms with Gasteiger partial charge in [-0.3, -0.25) is 0 Å². The van der Waals surface area contributed by atoms with Crippen LogP contribution in [-0.4, -0.2) is 15.5 Å². The van der Waals surface area contributed by atoms with Crippen LogP contribution >= 0.6 is 0 Å². The number of ether oxygens (including phenoxy) is 1. The van der Waals surface area contributed by atoms with E-state index in [-0.39, 0.29) is 10.9 Å². The van der Waals surface area contributed by atoms with E-state index < -0.39 is 10.0 Å². The van der Waals surface area contributed by atoms with Crippen molar-refractivity contribution in [3.05, 3.63) is 59.2 Å². The second kappa shape index (κ2) is 6.50. The van der Waals surface area contributed by atoms with Crippen molar-refractivity contribution in [3.8, 4) is 5.75 Å². The normalized spacial score (nSPS) is 12.9. The Morgan fingerprint density at radius 1 is 1.05 bits per heavy atom. The lowest BCUT2D eigenvalue weighted by Crippen LogP contribution is -2.27. The van der Waals surface area contributed by atoms with Crippen molar-refractivity contribution in [1.29, 1.82) is 0 Å². The van der Waals surface area contributed by atoms with E-state index >= 15 is 0 Å². The van der Waals surface area contributed by atoms with Crippen molar-refractivity contribution in [2.75, 3.05) is 7.11 Å². The van der Waals surface area contributed by atoms with Gasteiger partial charge in [0.05, 0.1) is 12.0 Å². The van der Waals surface area contributed by atoms with Gasteiger partial charge in [0.2, 0.25) is 10.0 Å². The van der Waals surface area contributed by atoms with Crippen molar-refractivity contribution in [1.82, 2.24) is 4.72 Å². The van der Waals surface area contributed by atoms with Gasteiger partial charge < -0.3 is 4.74 Å². The van der Waals surface area contributed by atoms with Crippen LogP contribution in [0.4, 0.5) is 0 Å². The van der Waals surface area contributed by atoms with Gasteiger partial charge in [-0.05, 0) is 49.6 Å². The maximum Gasteiger partial charge on any atom is 0.241 e. The largest absolute Gasteiger partial charge is 0.496 e. The molecule has 2 aromatic carbocycles. The van der Waals surface area contributed by atoms with Crippen LogP contribution in [0.3, 0.4) is 0 Å². The molecule has 0 radical (unpaired) electrons. The molecule has 0 aromatic heterocycles. The minimum absolute atomic E-state index is 0.256. The summed E-state index contributed by atoms with van der Waals surface area (Å²) in [6.45, 7) is 5.51. The highest BCUT2D eigenvalue weighted by molar-refractivity contribution is 7.89. The molecule has 1 unspecified atom stereocenters. The topological polar surface area (TPSA) is 55.4 Å². The average molecular weight is 319 g/mol. The summed E-state index contributed by atoms with van der Waals surface area (Å²) in [5.41, 5.74) is 2.53. The van der Waals surface area contributed by atoms with Gasteiger partial charge >= 0.3 is 0 Å². The minimum atomic E-state index is -3.58. The summed E-state index contributed by atoms with van der Waals surface area (Å²) in [6.07, 6.45) is 0. The number of benzene rings is 2. The van der Waals surface area contributed by atoms with Gasteiger partial charge in [0.1, 0.15) is 5.75 Å². The Labute approximate surface area is 132 Å². The van der Waals surface area contributed by atoms with Gasteiger partial charge in [-0.2, -0.15) is 0 Å². The van der Waals surface area contributed by atoms with E-state index in [1.807, 2.05) is 51.1 Å². The van der Waals surface area contributed by atoms with Gasteiger partial charge in [-0.1, -0.05) is 30.3 Å². The van der Waals surface area contributed by atoms with Gasteiger partial charge in [-0.15, -0.1) is 0 Å². The Balaban J connectivity index is 2.31. The zero-order valence-corrected chi connectivity index (χ0v) is 14.1. The smallest absolute Gasteiger partial charge is 0.241 e. The van der Waals surface area contributed by atoms with E-state index in [1.165, 1.54) is 0 Å². The molecule has 2 rings (SSSR count). The SMILES string of the molecule is COc1c(C)cc(S(=O)(=O)NC(C)c2ccccc2)cc1C. The maximum absolute atomic E-state index is 12.6. The molecule has 0 bridgehead atoms. The molecule has 0 heterocycles. The molecule has 5 heteroatoms. The van der Waals surface area contributed by atoms with Crippen LogP contribution in [0.5, 0.6) is 5.75 Å². The molecule has 118 valence electrons. The van der Waals surface area contributed by atoms with Crippen LogP contribution in [0, 0.1) is 13.8 Å². The third-order valence-corrected chi connectivity index (χ3v) is 5.10. The van der Waals surface area contributed by atoms with Gasteiger partial charge in [0.25, 0.3) is 0 Å². The molecule has 0 saturated heterocycles. The first kappa shape index (κ1) is 16.5. The number of hydrogen-bond donors (Lipinski definition) is 1. The quantitative estimate of drug-likeness (QED) is 0.919. The van der Waals surface area contributed by atoms with Crippen molar-refractivity contribution < 1.29 is 13.2 Å². The summed E-state index contributed by atoms with van der Waals surface area (Å²) >= 11 is 0. The monoisotopic (exact) mass is 319 g/mol. The highest BCUT2D eigenvalue weighted by Gasteiger charge is 2.20. The molecule has 0 fully saturated rings. The molecule has 1 N–H and O–H groups in total. The van der Waals surface area contributed by atoms with Crippen molar-refractivity contribution in [2.24, 2.45) is 0 Å². The summed E-state index contributed by atoms with van der Waals surface area (Å²) < 4.78 is 33.1. The van der Waals surface area contributed by atoms with E-state index in [1.54, 1.807) is 19.2 Å². The van der Waals surface area contributed by atoms with Crippen LogP contribution in [0.25, 0.3) is 0 Å². The van der Waals surface area contributed by atoms with Crippen LogP contribution in [0.2, 0.25) is 0 Å². The second-order valence-corrected chi connectivity index (χ2v) is 7.06. The van der Waals surface area contributed by atoms with Gasteiger partial charge in [0, 0.05) is 6.04 Å². The van der Waals surface area contributed by atoms with Crippen molar-refractivity contribution in [3.63, 3.8) is 0 Å². The summed E-state index contributed by atoms with van der Waals surface area (Å²) in [4.78, 5) is 0.256. The zero-order chi connectivity index (χ0) is 16.3. The van der Waals surface area contributed by atoms with Crippen LogP contribution < -0.4 is 9.46 Å². The molecular weight excluding hydrogens is 298 g/mol. The Kier molecular flexibility index (Phi) is 4.88. The number of hydrogen-bond acceptors (Lipinski definition) is 3. The second-order valence-electron chi connectivity index (χ2n) is 5.34. The number of aryl methyl sites for hydroxylation is 2. The Morgan fingerprint density at radius 2 is 1.59 bits per heavy atom. The summed E-state index contributed by atoms with van der Waals surface area (Å²) in [5.74, 6) is 0.718. The van der Waals surface area contributed by atoms with Gasteiger partial charge in [0.15, 0.2) is 0 Å². The number of sulfonamides is 1. The fourth-order valence-corrected chi connectivity index (χ4v) is 3.90. The summed E-state index contributed by atoms with van der Waals surface area (Å²) in [7, 11) is -2.00. The lowest BCUT2D eigenvalue weighted by molar-refractivity contribution is 0.408. The Hall–Kier alpha value is -1.85. The highest BCUT2D eigenvalue weighted by atomic mass is 32.2. The zero-order valence-electron chi connectivity index (χ0n) is 13.3. The lowest BCUT2D eigenvalue weighted by Gasteiger charge is -2.16. The Bertz CT molecular complexity index is 732. The molecule has 1 atom stereocenters. The van der Waals surface area contributed by atoms with Crippen LogP contribution in [0.15, 0.2) is 47.4 Å². The molecule has 0 aliphatic rings. The molecule has 0 saturated carbocycles. The molecule has 22 heavy (non-hydrogen) atoms. The van der Waals surface area contributed by atoms with E-state index in [0.29, 0.717) is 0 Å². The first-order chi connectivity index (χ1) is 10.3. The number of nitrogens with one attached hydrogen (secondary N) is 1. The van der Waals surface area contributed by atoms with Gasteiger partial charge in [-0.25, -0.2) is 13.1 Å². The molecule has 0 amide bonds. The highest BCUT2D eigenvalue weighted by Crippen LogP contribution is 2.27. The van der Waals surface area contributed by atoms with Crippen molar-refractivity contribution >= 4 is 10.0 Å². The standard InChI is InChI=1S/C17H21NO3S/c1-12-10-16(11-13(2)17(12)21-4)22(19,20)18-14(3)15-8-6-5-7-9-15/h5-11,14,18H,1-4H3. The third kappa shape index (κ3) is 3.48. The minimum Gasteiger partial charge on any atom is -0.496 e. The number of methoxy groups -OCH3 is 1. The van der Waals surface area contributed by atoms with E-state index in [2.05, 4.69) is 4.72 Å². The maximum atomic E-state index is 12.6. The van der Waals surface area contributed by atoms with E-state index in [4.69, 9.17) is 4.74 Å². The average Bonchev–Trinajstić information content (AvgIpc) is 2.47. The fraction of sp³-hybridized carbons (Fsp3) is 0.294. The molecule has 4 nitrogen and oxygen atoms in total. The predicted molar refractivity (Wildman–Crippen MR) is 87.6 cm³/mol. The van der Waals surface area contributed by atoms with Crippen molar-refractivity contribution in [2.45, 2.75) is 31.7 Å². The fourth-order valence-electron chi connectivity index (χ4n) is 2.50. The molecule has 0 aliphatic heterocycles. The molecular formula is C17H21NO3S. The molecule has 0 aliphatic carbocycles. The lowest BCUT2D eigenvalue weighted by atomic mass is 10.1. The van der Waals surface area contributed by atoms with Crippen LogP contribution in [0.1, 0.15) is 29.7 Å². The van der Waals surface area contributed by atoms with Crippen LogP contribution in [-0.2, 0) is 10.0 Å². The third-order valence-electron chi connectivity index (χ3n) is 3.58. The number of rotatable bonds is 5. The predicted octanol–water partition coefficient (Wildman–Crippen LogP) is 3.35. The molecule has 2 aromatic rings. The van der Waals surface area contributed by atoms with E-state index in [9.17, 15) is 8.42 Å². The summed E-state index contributed by atoms with van der Waals surface area (Å²) in [5, 5.41) is 0. The molecule has 0 spiro atoms.